The lowest BCUT2D eigenvalue weighted by Gasteiger charge is -2.25. The molecule has 0 atom stereocenters. The number of benzene rings is 2. The van der Waals surface area contributed by atoms with Crippen LogP contribution >= 0.6 is 22.7 Å². The van der Waals surface area contributed by atoms with E-state index in [4.69, 9.17) is 0 Å². The lowest BCUT2D eigenvalue weighted by molar-refractivity contribution is -0.111. The van der Waals surface area contributed by atoms with E-state index >= 15 is 0 Å². The minimum atomic E-state index is -0.179. The Bertz CT molecular complexity index is 1180. The van der Waals surface area contributed by atoms with Crippen molar-refractivity contribution in [3.8, 4) is 0 Å². The molecule has 30 heavy (non-hydrogen) atoms. The average Bonchev–Trinajstić information content (AvgIpc) is 3.35. The topological polar surface area (TPSA) is 58.1 Å². The lowest BCUT2D eigenvalue weighted by atomic mass is 10.1. The first kappa shape index (κ1) is 19.1. The maximum atomic E-state index is 12.4. The van der Waals surface area contributed by atoms with Crippen molar-refractivity contribution < 1.29 is 4.79 Å². The van der Waals surface area contributed by atoms with Gasteiger partial charge in [0.25, 0.3) is 0 Å². The number of fused-ring (bicyclic) bond motifs is 2. The van der Waals surface area contributed by atoms with Gasteiger partial charge >= 0.3 is 0 Å². The van der Waals surface area contributed by atoms with E-state index in [2.05, 4.69) is 44.5 Å². The summed E-state index contributed by atoms with van der Waals surface area (Å²) in [7, 11) is 0. The molecule has 1 N–H and O–H groups in total. The van der Waals surface area contributed by atoms with Gasteiger partial charge in [-0.3, -0.25) is 15.0 Å². The normalized spacial score (nSPS) is 14.3. The summed E-state index contributed by atoms with van der Waals surface area (Å²) in [6.45, 7) is 2.79. The van der Waals surface area contributed by atoms with E-state index in [0.29, 0.717) is 5.13 Å². The molecule has 0 spiro atoms. The zero-order valence-corrected chi connectivity index (χ0v) is 17.9. The Morgan fingerprint density at radius 2 is 1.90 bits per heavy atom. The number of aromatic nitrogens is 2. The van der Waals surface area contributed by atoms with Crippen molar-refractivity contribution in [2.24, 2.45) is 0 Å². The number of hydrogen-bond donors (Lipinski definition) is 1. The predicted molar refractivity (Wildman–Crippen MR) is 124 cm³/mol. The first-order valence-electron chi connectivity index (χ1n) is 9.82. The number of nitrogens with zero attached hydrogens (tertiary/aromatic N) is 3. The maximum absolute atomic E-state index is 12.4. The summed E-state index contributed by atoms with van der Waals surface area (Å²) >= 11 is 3.14. The number of para-hydroxylation sites is 1. The predicted octanol–water partition coefficient (Wildman–Crippen LogP) is 4.96. The van der Waals surface area contributed by atoms with Crippen LogP contribution in [-0.2, 0) is 24.3 Å². The van der Waals surface area contributed by atoms with Crippen LogP contribution < -0.4 is 5.32 Å². The van der Waals surface area contributed by atoms with Crippen molar-refractivity contribution in [3.63, 3.8) is 0 Å². The van der Waals surface area contributed by atoms with Gasteiger partial charge in [0.2, 0.25) is 5.91 Å². The molecule has 4 aromatic rings. The Morgan fingerprint density at radius 1 is 1.07 bits per heavy atom. The summed E-state index contributed by atoms with van der Waals surface area (Å²) in [5.41, 5.74) is 3.38. The van der Waals surface area contributed by atoms with Gasteiger partial charge in [-0.1, -0.05) is 42.5 Å². The monoisotopic (exact) mass is 432 g/mol. The second-order valence-corrected chi connectivity index (χ2v) is 9.32. The molecule has 5 nitrogen and oxygen atoms in total. The minimum Gasteiger partial charge on any atom is -0.298 e. The second kappa shape index (κ2) is 8.47. The molecule has 0 bridgehead atoms. The number of thiazole rings is 2. The van der Waals surface area contributed by atoms with E-state index in [0.717, 1.165) is 47.0 Å². The van der Waals surface area contributed by atoms with Gasteiger partial charge < -0.3 is 0 Å². The minimum absolute atomic E-state index is 0.179. The third-order valence-electron chi connectivity index (χ3n) is 4.98. The van der Waals surface area contributed by atoms with Gasteiger partial charge in [-0.2, -0.15) is 0 Å². The van der Waals surface area contributed by atoms with Gasteiger partial charge in [0.1, 0.15) is 5.01 Å². The molecule has 150 valence electrons. The number of hydrogen-bond acceptors (Lipinski definition) is 6. The van der Waals surface area contributed by atoms with Gasteiger partial charge in [-0.05, 0) is 23.8 Å². The maximum Gasteiger partial charge on any atom is 0.250 e. The van der Waals surface area contributed by atoms with Gasteiger partial charge in [-0.15, -0.1) is 22.7 Å². The highest BCUT2D eigenvalue weighted by Gasteiger charge is 2.21. The van der Waals surface area contributed by atoms with Crippen LogP contribution in [0.4, 0.5) is 5.13 Å². The van der Waals surface area contributed by atoms with Gasteiger partial charge in [-0.25, -0.2) is 9.97 Å². The summed E-state index contributed by atoms with van der Waals surface area (Å²) in [6, 6.07) is 18.5. The zero-order valence-electron chi connectivity index (χ0n) is 16.2. The smallest absolute Gasteiger partial charge is 0.250 e. The SMILES string of the molecule is O=C(/C=C/c1nc2ccccc2s1)Nc1nc2c(s1)CN(Cc1ccccc1)CC2. The van der Waals surface area contributed by atoms with Crippen LogP contribution in [0.2, 0.25) is 0 Å². The van der Waals surface area contributed by atoms with Crippen molar-refractivity contribution in [2.45, 2.75) is 19.5 Å². The summed E-state index contributed by atoms with van der Waals surface area (Å²) in [5.74, 6) is -0.179. The largest absolute Gasteiger partial charge is 0.298 e. The van der Waals surface area contributed by atoms with Crippen molar-refractivity contribution >= 4 is 50.0 Å². The van der Waals surface area contributed by atoms with Crippen LogP contribution in [0, 0.1) is 0 Å². The number of carbonyl (C=O) groups is 1. The highest BCUT2D eigenvalue weighted by molar-refractivity contribution is 7.19. The molecule has 0 saturated heterocycles. The molecule has 7 heteroatoms. The Hall–Kier alpha value is -2.87. The van der Waals surface area contributed by atoms with Crippen molar-refractivity contribution in [3.05, 3.63) is 81.8 Å². The molecule has 1 aliphatic rings. The second-order valence-electron chi connectivity index (χ2n) is 7.18. The Labute approximate surface area is 182 Å². The molecule has 0 unspecified atom stereocenters. The number of anilines is 1. The van der Waals surface area contributed by atoms with Crippen LogP contribution in [0.1, 0.15) is 21.1 Å². The third-order valence-corrected chi connectivity index (χ3v) is 6.98. The molecule has 2 aromatic heterocycles. The molecule has 2 aromatic carbocycles. The van der Waals surface area contributed by atoms with Crippen molar-refractivity contribution in [1.29, 1.82) is 0 Å². The van der Waals surface area contributed by atoms with Crippen LogP contribution in [-0.4, -0.2) is 27.3 Å². The van der Waals surface area contributed by atoms with Gasteiger partial charge in [0.05, 0.1) is 15.9 Å². The molecular weight excluding hydrogens is 412 g/mol. The van der Waals surface area contributed by atoms with E-state index in [1.807, 2.05) is 30.3 Å². The molecule has 0 radical (unpaired) electrons. The van der Waals surface area contributed by atoms with Crippen LogP contribution in [0.15, 0.2) is 60.7 Å². The van der Waals surface area contributed by atoms with E-state index in [1.54, 1.807) is 28.7 Å². The fourth-order valence-corrected chi connectivity index (χ4v) is 5.46. The standard InChI is InChI=1S/C23H20N4OS2/c28-21(10-11-22-24-17-8-4-5-9-19(17)29-22)26-23-25-18-12-13-27(15-20(18)30-23)14-16-6-2-1-3-7-16/h1-11H,12-15H2,(H,25,26,28)/b11-10+. The molecule has 5 rings (SSSR count). The number of nitrogens with one attached hydrogen (secondary N) is 1. The fraction of sp³-hybridized carbons (Fsp3) is 0.174. The molecule has 1 aliphatic heterocycles. The van der Waals surface area contributed by atoms with E-state index in [1.165, 1.54) is 16.5 Å². The first-order valence-corrected chi connectivity index (χ1v) is 11.5. The lowest BCUT2D eigenvalue weighted by Crippen LogP contribution is -2.29. The number of rotatable bonds is 5. The summed E-state index contributed by atoms with van der Waals surface area (Å²) in [5, 5.41) is 4.40. The molecule has 3 heterocycles. The van der Waals surface area contributed by atoms with Crippen molar-refractivity contribution in [2.75, 3.05) is 11.9 Å². The Morgan fingerprint density at radius 3 is 2.77 bits per heavy atom. The average molecular weight is 433 g/mol. The molecular formula is C23H20N4OS2. The van der Waals surface area contributed by atoms with Crippen LogP contribution in [0.5, 0.6) is 0 Å². The van der Waals surface area contributed by atoms with Gasteiger partial charge in [0.15, 0.2) is 5.13 Å². The summed E-state index contributed by atoms with van der Waals surface area (Å²) in [6.07, 6.45) is 4.20. The number of carbonyl (C=O) groups excluding carboxylic acids is 1. The first-order chi connectivity index (χ1) is 14.7. The van der Waals surface area contributed by atoms with Crippen molar-refractivity contribution in [1.82, 2.24) is 14.9 Å². The molecule has 1 amide bonds. The Kier molecular flexibility index (Phi) is 5.40. The van der Waals surface area contributed by atoms with Crippen LogP contribution in [0.25, 0.3) is 16.3 Å². The summed E-state index contributed by atoms with van der Waals surface area (Å²) < 4.78 is 1.12. The fourth-order valence-electron chi connectivity index (χ4n) is 3.53. The highest BCUT2D eigenvalue weighted by atomic mass is 32.1. The molecule has 0 aliphatic carbocycles. The van der Waals surface area contributed by atoms with E-state index < -0.39 is 0 Å². The van der Waals surface area contributed by atoms with Crippen LogP contribution in [0.3, 0.4) is 0 Å². The molecule has 0 saturated carbocycles. The third kappa shape index (κ3) is 4.33. The van der Waals surface area contributed by atoms with Gasteiger partial charge in [0, 0.05) is 37.0 Å². The zero-order chi connectivity index (χ0) is 20.3. The summed E-state index contributed by atoms with van der Waals surface area (Å²) in [4.78, 5) is 25.2. The van der Waals surface area contributed by atoms with E-state index in [9.17, 15) is 4.79 Å². The quantitative estimate of drug-likeness (QED) is 0.453. The highest BCUT2D eigenvalue weighted by Crippen LogP contribution is 2.29. The Balaban J connectivity index is 1.21. The number of amides is 1. The van der Waals surface area contributed by atoms with E-state index in [-0.39, 0.29) is 5.91 Å². The molecule has 0 fully saturated rings.